The summed E-state index contributed by atoms with van der Waals surface area (Å²) in [7, 11) is 2.00. The molecule has 0 aliphatic rings. The number of rotatable bonds is 4. The van der Waals surface area contributed by atoms with Gasteiger partial charge < -0.3 is 10.6 Å². The number of hydrogen-bond donors (Lipinski definition) is 1. The number of aromatic nitrogens is 4. The zero-order valence-corrected chi connectivity index (χ0v) is 18.0. The molecule has 0 bridgehead atoms. The van der Waals surface area contributed by atoms with E-state index in [-0.39, 0.29) is 5.82 Å². The highest BCUT2D eigenvalue weighted by Gasteiger charge is 2.07. The zero-order valence-electron chi connectivity index (χ0n) is 18.0. The highest BCUT2D eigenvalue weighted by molar-refractivity contribution is 5.88. The molecule has 0 spiro atoms. The first-order valence-corrected chi connectivity index (χ1v) is 10.5. The van der Waals surface area contributed by atoms with Gasteiger partial charge in [0.1, 0.15) is 18.0 Å². The third kappa shape index (κ3) is 4.32. The van der Waals surface area contributed by atoms with Crippen molar-refractivity contribution in [2.24, 2.45) is 0 Å². The number of nitrogen functional groups attached to an aromatic ring is 1. The lowest BCUT2D eigenvalue weighted by Gasteiger charge is -2.16. The molecule has 0 amide bonds. The van der Waals surface area contributed by atoms with Crippen molar-refractivity contribution in [3.8, 4) is 11.8 Å². The maximum Gasteiger partial charge on any atom is 0.134 e. The topological polar surface area (TPSA) is 72.9 Å². The number of hydrogen-bond acceptors (Lipinski definition) is 5. The van der Waals surface area contributed by atoms with Gasteiger partial charge in [0.05, 0.1) is 30.3 Å². The van der Waals surface area contributed by atoms with E-state index in [1.807, 2.05) is 54.3 Å². The lowest BCUT2D eigenvalue weighted by atomic mass is 10.1. The molecule has 5 rings (SSSR count). The Morgan fingerprint density at radius 3 is 2.85 bits per heavy atom. The van der Waals surface area contributed by atoms with Crippen molar-refractivity contribution in [1.82, 2.24) is 19.7 Å². The molecular formula is C26H21FN6. The van der Waals surface area contributed by atoms with Crippen LogP contribution in [0.4, 0.5) is 15.9 Å². The van der Waals surface area contributed by atoms with E-state index in [0.717, 1.165) is 38.6 Å². The van der Waals surface area contributed by atoms with E-state index in [1.54, 1.807) is 6.07 Å². The number of halogens is 1. The Kier molecular flexibility index (Phi) is 5.33. The average molecular weight is 436 g/mol. The minimum Gasteiger partial charge on any atom is -0.383 e. The molecule has 0 aliphatic heterocycles. The summed E-state index contributed by atoms with van der Waals surface area (Å²) in [4.78, 5) is 10.3. The van der Waals surface area contributed by atoms with Crippen LogP contribution in [-0.4, -0.2) is 33.3 Å². The molecule has 0 fully saturated rings. The molecule has 33 heavy (non-hydrogen) atoms. The van der Waals surface area contributed by atoms with Crippen molar-refractivity contribution >= 4 is 33.3 Å². The van der Waals surface area contributed by atoms with Gasteiger partial charge in [-0.25, -0.2) is 14.4 Å². The smallest absolute Gasteiger partial charge is 0.134 e. The average Bonchev–Trinajstić information content (AvgIpc) is 3.21. The minimum atomic E-state index is -0.241. The molecule has 5 aromatic rings. The quantitative estimate of drug-likeness (QED) is 0.427. The number of nitrogens with zero attached hydrogens (tertiary/aromatic N) is 5. The first-order chi connectivity index (χ1) is 16.1. The van der Waals surface area contributed by atoms with E-state index in [9.17, 15) is 4.39 Å². The lowest BCUT2D eigenvalue weighted by molar-refractivity contribution is 0.621. The van der Waals surface area contributed by atoms with Crippen molar-refractivity contribution in [2.75, 3.05) is 24.2 Å². The van der Waals surface area contributed by atoms with Gasteiger partial charge in [0.2, 0.25) is 0 Å². The van der Waals surface area contributed by atoms with Crippen LogP contribution in [0.15, 0.2) is 73.2 Å². The van der Waals surface area contributed by atoms with Crippen LogP contribution in [0.3, 0.4) is 0 Å². The van der Waals surface area contributed by atoms with Crippen molar-refractivity contribution in [3.63, 3.8) is 0 Å². The molecule has 0 radical (unpaired) electrons. The van der Waals surface area contributed by atoms with Crippen LogP contribution < -0.4 is 10.6 Å². The van der Waals surface area contributed by atoms with Gasteiger partial charge in [0, 0.05) is 29.1 Å². The second-order valence-electron chi connectivity index (χ2n) is 7.82. The monoisotopic (exact) mass is 436 g/mol. The van der Waals surface area contributed by atoms with Crippen molar-refractivity contribution in [1.29, 1.82) is 0 Å². The SMILES string of the molecule is CN(CC#Cc1ccc2ncnc(N)c2c1)c1ccc2c(cnn2Cc2cccc(F)c2)c1. The van der Waals surface area contributed by atoms with Gasteiger partial charge in [0.15, 0.2) is 0 Å². The Morgan fingerprint density at radius 1 is 1.06 bits per heavy atom. The van der Waals surface area contributed by atoms with Gasteiger partial charge in [-0.05, 0) is 54.1 Å². The number of anilines is 2. The van der Waals surface area contributed by atoms with Gasteiger partial charge in [0.25, 0.3) is 0 Å². The molecule has 0 aliphatic carbocycles. The molecule has 0 atom stereocenters. The molecule has 2 N–H and O–H groups in total. The molecular weight excluding hydrogens is 415 g/mol. The van der Waals surface area contributed by atoms with Crippen LogP contribution in [0.2, 0.25) is 0 Å². The molecule has 162 valence electrons. The summed E-state index contributed by atoms with van der Waals surface area (Å²) in [6, 6.07) is 18.5. The molecule has 2 aromatic heterocycles. The Balaban J connectivity index is 1.31. The zero-order chi connectivity index (χ0) is 22.8. The lowest BCUT2D eigenvalue weighted by Crippen LogP contribution is -2.16. The third-order valence-electron chi connectivity index (χ3n) is 5.50. The predicted molar refractivity (Wildman–Crippen MR) is 129 cm³/mol. The fraction of sp³-hybridized carbons (Fsp3) is 0.115. The molecule has 0 unspecified atom stereocenters. The molecule has 3 aromatic carbocycles. The molecule has 7 heteroatoms. The van der Waals surface area contributed by atoms with Crippen LogP contribution in [0, 0.1) is 17.7 Å². The standard InChI is InChI=1S/C26H21FN6/c1-32(11-3-5-18-7-9-24-23(13-18)26(28)30-17-29-24)22-8-10-25-20(14-22)15-31-33(25)16-19-4-2-6-21(27)12-19/h2,4,6-10,12-15,17H,11,16H2,1H3,(H2,28,29,30). The largest absolute Gasteiger partial charge is 0.383 e. The Labute approximate surface area is 190 Å². The number of nitrogens with two attached hydrogens (primary N) is 1. The fourth-order valence-electron chi connectivity index (χ4n) is 3.75. The third-order valence-corrected chi connectivity index (χ3v) is 5.50. The second kappa shape index (κ2) is 8.60. The first-order valence-electron chi connectivity index (χ1n) is 10.5. The van der Waals surface area contributed by atoms with E-state index < -0.39 is 0 Å². The normalized spacial score (nSPS) is 10.8. The summed E-state index contributed by atoms with van der Waals surface area (Å²) in [5, 5.41) is 6.31. The Morgan fingerprint density at radius 2 is 1.97 bits per heavy atom. The Hall–Kier alpha value is -4.44. The summed E-state index contributed by atoms with van der Waals surface area (Å²) in [5.74, 6) is 6.61. The van der Waals surface area contributed by atoms with Crippen LogP contribution >= 0.6 is 0 Å². The van der Waals surface area contributed by atoms with E-state index in [0.29, 0.717) is 18.9 Å². The summed E-state index contributed by atoms with van der Waals surface area (Å²) in [6.07, 6.45) is 3.29. The Bertz CT molecular complexity index is 1530. The molecule has 0 saturated carbocycles. The van der Waals surface area contributed by atoms with Crippen molar-refractivity contribution in [3.05, 3.63) is 90.1 Å². The van der Waals surface area contributed by atoms with E-state index in [4.69, 9.17) is 5.73 Å². The van der Waals surface area contributed by atoms with Gasteiger partial charge in [-0.2, -0.15) is 5.10 Å². The van der Waals surface area contributed by atoms with Crippen LogP contribution in [0.25, 0.3) is 21.8 Å². The van der Waals surface area contributed by atoms with E-state index in [2.05, 4.69) is 37.9 Å². The summed E-state index contributed by atoms with van der Waals surface area (Å²) >= 11 is 0. The van der Waals surface area contributed by atoms with Crippen LogP contribution in [0.1, 0.15) is 11.1 Å². The second-order valence-corrected chi connectivity index (χ2v) is 7.82. The van der Waals surface area contributed by atoms with E-state index in [1.165, 1.54) is 18.5 Å². The number of benzene rings is 3. The number of fused-ring (bicyclic) bond motifs is 2. The van der Waals surface area contributed by atoms with Gasteiger partial charge in [-0.3, -0.25) is 4.68 Å². The van der Waals surface area contributed by atoms with Crippen molar-refractivity contribution in [2.45, 2.75) is 6.54 Å². The molecule has 6 nitrogen and oxygen atoms in total. The highest BCUT2D eigenvalue weighted by atomic mass is 19.1. The first kappa shape index (κ1) is 20.5. The van der Waals surface area contributed by atoms with Gasteiger partial charge in [-0.1, -0.05) is 24.0 Å². The molecule has 2 heterocycles. The maximum absolute atomic E-state index is 13.5. The van der Waals surface area contributed by atoms with Gasteiger partial charge >= 0.3 is 0 Å². The van der Waals surface area contributed by atoms with Crippen LogP contribution in [0.5, 0.6) is 0 Å². The summed E-state index contributed by atoms with van der Waals surface area (Å²) in [6.45, 7) is 1.07. The summed E-state index contributed by atoms with van der Waals surface area (Å²) < 4.78 is 15.4. The highest BCUT2D eigenvalue weighted by Crippen LogP contribution is 2.22. The molecule has 0 saturated heterocycles. The van der Waals surface area contributed by atoms with Gasteiger partial charge in [-0.15, -0.1) is 0 Å². The van der Waals surface area contributed by atoms with Crippen LogP contribution in [-0.2, 0) is 6.54 Å². The van der Waals surface area contributed by atoms with Crippen molar-refractivity contribution < 1.29 is 4.39 Å². The predicted octanol–water partition coefficient (Wildman–Crippen LogP) is 4.24. The minimum absolute atomic E-state index is 0.241. The van der Waals surface area contributed by atoms with E-state index >= 15 is 0 Å². The maximum atomic E-state index is 13.5. The summed E-state index contributed by atoms with van der Waals surface area (Å²) in [5.41, 5.74) is 10.5. The fourth-order valence-corrected chi connectivity index (χ4v) is 3.75.